The molecule has 0 fully saturated rings. The highest BCUT2D eigenvalue weighted by Gasteiger charge is 2.17. The molecule has 1 aromatic carbocycles. The Balaban J connectivity index is 2.18. The van der Waals surface area contributed by atoms with Gasteiger partial charge >= 0.3 is 0 Å². The molecular weight excluding hydrogens is 258 g/mol. The summed E-state index contributed by atoms with van der Waals surface area (Å²) in [5.74, 6) is 0.857. The molecule has 1 heterocycles. The first-order valence-corrected chi connectivity index (χ1v) is 6.31. The van der Waals surface area contributed by atoms with Gasteiger partial charge in [0.25, 0.3) is 11.8 Å². The van der Waals surface area contributed by atoms with Crippen LogP contribution in [0.25, 0.3) is 11.5 Å². The SMILES string of the molecule is Cc1noc(-c2ccc(C(=O)N(C)C(C)CO)cc2)n1. The molecule has 1 N–H and O–H groups in total. The smallest absolute Gasteiger partial charge is 0.257 e. The highest BCUT2D eigenvalue weighted by atomic mass is 16.5. The van der Waals surface area contributed by atoms with Gasteiger partial charge in [0.1, 0.15) is 0 Å². The number of benzene rings is 1. The Bertz CT molecular complexity index is 592. The van der Waals surface area contributed by atoms with Crippen molar-refractivity contribution in [1.82, 2.24) is 15.0 Å². The molecule has 0 aliphatic carbocycles. The molecule has 106 valence electrons. The van der Waals surface area contributed by atoms with Crippen molar-refractivity contribution in [2.75, 3.05) is 13.7 Å². The minimum atomic E-state index is -0.222. The Labute approximate surface area is 117 Å². The van der Waals surface area contributed by atoms with E-state index in [2.05, 4.69) is 10.1 Å². The van der Waals surface area contributed by atoms with Crippen molar-refractivity contribution in [3.05, 3.63) is 35.7 Å². The van der Waals surface area contributed by atoms with Gasteiger partial charge in [0.05, 0.1) is 12.6 Å². The van der Waals surface area contributed by atoms with Crippen molar-refractivity contribution in [2.24, 2.45) is 0 Å². The molecule has 1 unspecified atom stereocenters. The Morgan fingerprint density at radius 2 is 2.05 bits per heavy atom. The van der Waals surface area contributed by atoms with E-state index >= 15 is 0 Å². The zero-order valence-electron chi connectivity index (χ0n) is 11.7. The second-order valence-electron chi connectivity index (χ2n) is 4.67. The highest BCUT2D eigenvalue weighted by molar-refractivity contribution is 5.94. The average Bonchev–Trinajstić information content (AvgIpc) is 2.91. The van der Waals surface area contributed by atoms with Crippen LogP contribution >= 0.6 is 0 Å². The summed E-state index contributed by atoms with van der Waals surface area (Å²) in [6.45, 7) is 3.46. The lowest BCUT2D eigenvalue weighted by Crippen LogP contribution is -2.37. The summed E-state index contributed by atoms with van der Waals surface area (Å²) in [6, 6.07) is 6.71. The van der Waals surface area contributed by atoms with Crippen LogP contribution in [0.5, 0.6) is 0 Å². The van der Waals surface area contributed by atoms with E-state index in [-0.39, 0.29) is 18.6 Å². The van der Waals surface area contributed by atoms with Gasteiger partial charge in [-0.05, 0) is 38.1 Å². The summed E-state index contributed by atoms with van der Waals surface area (Å²) >= 11 is 0. The number of nitrogens with zero attached hydrogens (tertiary/aromatic N) is 3. The molecule has 0 saturated heterocycles. The molecule has 0 aliphatic rings. The fourth-order valence-electron chi connectivity index (χ4n) is 1.70. The molecule has 1 atom stereocenters. The number of carbonyl (C=O) groups excluding carboxylic acids is 1. The lowest BCUT2D eigenvalue weighted by molar-refractivity contribution is 0.0682. The van der Waals surface area contributed by atoms with Gasteiger partial charge in [0.15, 0.2) is 5.82 Å². The predicted molar refractivity (Wildman–Crippen MR) is 73.1 cm³/mol. The summed E-state index contributed by atoms with van der Waals surface area (Å²) in [5, 5.41) is 12.8. The molecular formula is C14H17N3O3. The van der Waals surface area contributed by atoms with E-state index < -0.39 is 0 Å². The number of aliphatic hydroxyl groups excluding tert-OH is 1. The zero-order valence-corrected chi connectivity index (χ0v) is 11.7. The van der Waals surface area contributed by atoms with Gasteiger partial charge in [-0.15, -0.1) is 0 Å². The van der Waals surface area contributed by atoms with E-state index in [1.165, 1.54) is 4.90 Å². The van der Waals surface area contributed by atoms with E-state index in [1.54, 1.807) is 45.2 Å². The van der Waals surface area contributed by atoms with Gasteiger partial charge in [-0.2, -0.15) is 4.98 Å². The van der Waals surface area contributed by atoms with Gasteiger partial charge < -0.3 is 14.5 Å². The Kier molecular flexibility index (Phi) is 4.14. The van der Waals surface area contributed by atoms with Crippen LogP contribution in [0.15, 0.2) is 28.8 Å². The Hall–Kier alpha value is -2.21. The van der Waals surface area contributed by atoms with Crippen LogP contribution in [-0.4, -0.2) is 45.8 Å². The van der Waals surface area contributed by atoms with E-state index in [0.717, 1.165) is 5.56 Å². The number of aliphatic hydroxyl groups is 1. The zero-order chi connectivity index (χ0) is 14.7. The normalized spacial score (nSPS) is 12.2. The number of amides is 1. The fourth-order valence-corrected chi connectivity index (χ4v) is 1.70. The van der Waals surface area contributed by atoms with Crippen LogP contribution in [0.4, 0.5) is 0 Å². The molecule has 20 heavy (non-hydrogen) atoms. The highest BCUT2D eigenvalue weighted by Crippen LogP contribution is 2.18. The Morgan fingerprint density at radius 1 is 1.40 bits per heavy atom. The molecule has 6 nitrogen and oxygen atoms in total. The molecule has 1 aromatic heterocycles. The minimum Gasteiger partial charge on any atom is -0.394 e. The van der Waals surface area contributed by atoms with Crippen molar-refractivity contribution < 1.29 is 14.4 Å². The first kappa shape index (κ1) is 14.2. The van der Waals surface area contributed by atoms with Crippen LogP contribution < -0.4 is 0 Å². The number of hydrogen-bond donors (Lipinski definition) is 1. The van der Waals surface area contributed by atoms with Gasteiger partial charge in [0, 0.05) is 18.2 Å². The maximum absolute atomic E-state index is 12.2. The summed E-state index contributed by atoms with van der Waals surface area (Å²) in [4.78, 5) is 17.8. The van der Waals surface area contributed by atoms with Crippen molar-refractivity contribution in [3.8, 4) is 11.5 Å². The molecule has 1 amide bonds. The average molecular weight is 275 g/mol. The van der Waals surface area contributed by atoms with Crippen molar-refractivity contribution in [1.29, 1.82) is 0 Å². The molecule has 6 heteroatoms. The van der Waals surface area contributed by atoms with Crippen molar-refractivity contribution in [2.45, 2.75) is 19.9 Å². The molecule has 2 aromatic rings. The minimum absolute atomic E-state index is 0.0679. The van der Waals surface area contributed by atoms with Crippen molar-refractivity contribution in [3.63, 3.8) is 0 Å². The first-order valence-electron chi connectivity index (χ1n) is 6.31. The third kappa shape index (κ3) is 2.85. The first-order chi connectivity index (χ1) is 9.52. The maximum Gasteiger partial charge on any atom is 0.257 e. The third-order valence-corrected chi connectivity index (χ3v) is 3.15. The van der Waals surface area contributed by atoms with Crippen LogP contribution in [-0.2, 0) is 0 Å². The van der Waals surface area contributed by atoms with Gasteiger partial charge in [-0.3, -0.25) is 4.79 Å². The summed E-state index contributed by atoms with van der Waals surface area (Å²) in [5.41, 5.74) is 1.31. The second-order valence-corrected chi connectivity index (χ2v) is 4.67. The largest absolute Gasteiger partial charge is 0.394 e. The lowest BCUT2D eigenvalue weighted by atomic mass is 10.1. The fraction of sp³-hybridized carbons (Fsp3) is 0.357. The van der Waals surface area contributed by atoms with E-state index in [0.29, 0.717) is 17.3 Å². The molecule has 0 aliphatic heterocycles. The van der Waals surface area contributed by atoms with Crippen LogP contribution in [0, 0.1) is 6.92 Å². The third-order valence-electron chi connectivity index (χ3n) is 3.15. The molecule has 0 saturated carbocycles. The summed E-state index contributed by atoms with van der Waals surface area (Å²) in [6.07, 6.45) is 0. The number of likely N-dealkylation sites (N-methyl/N-ethyl adjacent to an activating group) is 1. The molecule has 2 rings (SSSR count). The number of hydrogen-bond acceptors (Lipinski definition) is 5. The molecule has 0 bridgehead atoms. The summed E-state index contributed by atoms with van der Waals surface area (Å²) in [7, 11) is 1.67. The number of aromatic nitrogens is 2. The van der Waals surface area contributed by atoms with Gasteiger partial charge in [0.2, 0.25) is 0 Å². The number of aryl methyl sites for hydroxylation is 1. The predicted octanol–water partition coefficient (Wildman–Crippen LogP) is 1.50. The second kappa shape index (κ2) is 5.83. The summed E-state index contributed by atoms with van der Waals surface area (Å²) < 4.78 is 5.06. The topological polar surface area (TPSA) is 79.5 Å². The Morgan fingerprint density at radius 3 is 2.55 bits per heavy atom. The van der Waals surface area contributed by atoms with Crippen LogP contribution in [0.2, 0.25) is 0 Å². The van der Waals surface area contributed by atoms with Crippen molar-refractivity contribution >= 4 is 5.91 Å². The lowest BCUT2D eigenvalue weighted by Gasteiger charge is -2.23. The maximum atomic E-state index is 12.2. The van der Waals surface area contributed by atoms with Crippen LogP contribution in [0.1, 0.15) is 23.1 Å². The van der Waals surface area contributed by atoms with E-state index in [1.807, 2.05) is 0 Å². The van der Waals surface area contributed by atoms with E-state index in [9.17, 15) is 4.79 Å². The molecule has 0 spiro atoms. The number of carbonyl (C=O) groups is 1. The van der Waals surface area contributed by atoms with E-state index in [4.69, 9.17) is 9.63 Å². The number of rotatable bonds is 4. The van der Waals surface area contributed by atoms with Gasteiger partial charge in [-0.1, -0.05) is 5.16 Å². The molecule has 0 radical (unpaired) electrons. The monoisotopic (exact) mass is 275 g/mol. The van der Waals surface area contributed by atoms with Gasteiger partial charge in [-0.25, -0.2) is 0 Å². The standard InChI is InChI=1S/C14H17N3O3/c1-9(8-18)17(3)14(19)12-6-4-11(5-7-12)13-15-10(2)16-20-13/h4-7,9,18H,8H2,1-3H3. The quantitative estimate of drug-likeness (QED) is 0.914. The van der Waals surface area contributed by atoms with Crippen LogP contribution in [0.3, 0.4) is 0 Å².